The second-order valence-corrected chi connectivity index (χ2v) is 6.02. The molecule has 0 spiro atoms. The lowest BCUT2D eigenvalue weighted by Gasteiger charge is -2.14. The highest BCUT2D eigenvalue weighted by Gasteiger charge is 2.17. The van der Waals surface area contributed by atoms with Crippen LogP contribution < -0.4 is 11.1 Å². The van der Waals surface area contributed by atoms with Crippen LogP contribution >= 0.6 is 28.3 Å². The van der Waals surface area contributed by atoms with Gasteiger partial charge in [-0.1, -0.05) is 41.9 Å². The number of hydrogen-bond donors (Lipinski definition) is 3. The zero-order valence-electron chi connectivity index (χ0n) is 12.3. The normalized spacial score (nSPS) is 11.9. The molecule has 22 heavy (non-hydrogen) atoms. The van der Waals surface area contributed by atoms with Crippen LogP contribution in [0.5, 0.6) is 0 Å². The zero-order chi connectivity index (χ0) is 15.4. The highest BCUT2D eigenvalue weighted by atomic mass is 79.9. The Morgan fingerprint density at radius 1 is 1.36 bits per heavy atom. The third kappa shape index (κ3) is 4.79. The van der Waals surface area contributed by atoms with Gasteiger partial charge >= 0.3 is 0 Å². The summed E-state index contributed by atoms with van der Waals surface area (Å²) in [6, 6.07) is 7.18. The number of nitrogens with one attached hydrogen (secondary N) is 2. The number of halogens is 2. The van der Waals surface area contributed by atoms with Crippen LogP contribution in [0.4, 0.5) is 0 Å². The van der Waals surface area contributed by atoms with Gasteiger partial charge < -0.3 is 11.1 Å². The Hall–Kier alpha value is -1.44. The molecule has 6 nitrogen and oxygen atoms in total. The first kappa shape index (κ1) is 18.6. The molecule has 120 valence electrons. The van der Waals surface area contributed by atoms with Gasteiger partial charge in [-0.25, -0.2) is 4.98 Å². The topological polar surface area (TPSA) is 96.7 Å². The van der Waals surface area contributed by atoms with E-state index in [9.17, 15) is 4.79 Å². The fraction of sp³-hybridized carbons (Fsp3) is 0.357. The molecule has 0 unspecified atom stereocenters. The molecule has 1 atom stereocenters. The van der Waals surface area contributed by atoms with Crippen LogP contribution in [0.1, 0.15) is 19.7 Å². The number of aromatic amines is 1. The number of rotatable bonds is 5. The average molecular weight is 389 g/mol. The van der Waals surface area contributed by atoms with Crippen molar-refractivity contribution < 1.29 is 4.79 Å². The van der Waals surface area contributed by atoms with Gasteiger partial charge in [0.1, 0.15) is 5.82 Å². The summed E-state index contributed by atoms with van der Waals surface area (Å²) >= 11 is 3.38. The number of amides is 1. The van der Waals surface area contributed by atoms with Gasteiger partial charge in [-0.2, -0.15) is 5.10 Å². The predicted octanol–water partition coefficient (Wildman–Crippen LogP) is 2.26. The number of aromatic nitrogens is 3. The van der Waals surface area contributed by atoms with Crippen LogP contribution in [-0.2, 0) is 11.3 Å². The van der Waals surface area contributed by atoms with E-state index in [4.69, 9.17) is 5.73 Å². The second kappa shape index (κ2) is 8.26. The molecule has 0 bridgehead atoms. The maximum absolute atomic E-state index is 11.8. The Kier molecular flexibility index (Phi) is 6.99. The van der Waals surface area contributed by atoms with Crippen molar-refractivity contribution in [3.05, 3.63) is 34.6 Å². The molecule has 0 radical (unpaired) electrons. The number of carbonyl (C=O) groups excluding carboxylic acids is 1. The molecule has 0 aliphatic rings. The summed E-state index contributed by atoms with van der Waals surface area (Å²) in [5.41, 5.74) is 6.68. The van der Waals surface area contributed by atoms with Crippen molar-refractivity contribution in [1.82, 2.24) is 20.5 Å². The molecular formula is C14H19BrClN5O. The Labute approximate surface area is 143 Å². The lowest BCUT2D eigenvalue weighted by Crippen LogP contribution is -2.43. The summed E-state index contributed by atoms with van der Waals surface area (Å²) in [5, 5.41) is 9.70. The van der Waals surface area contributed by atoms with Crippen molar-refractivity contribution in [2.45, 2.75) is 26.4 Å². The minimum Gasteiger partial charge on any atom is -0.347 e. The first-order chi connectivity index (χ1) is 9.97. The summed E-state index contributed by atoms with van der Waals surface area (Å²) in [7, 11) is 0. The first-order valence-electron chi connectivity index (χ1n) is 6.68. The Morgan fingerprint density at radius 2 is 2.00 bits per heavy atom. The highest BCUT2D eigenvalue weighted by molar-refractivity contribution is 9.10. The van der Waals surface area contributed by atoms with Gasteiger partial charge in [0, 0.05) is 10.0 Å². The summed E-state index contributed by atoms with van der Waals surface area (Å²) in [5.74, 6) is 1.10. The van der Waals surface area contributed by atoms with Crippen LogP contribution in [0.3, 0.4) is 0 Å². The number of hydrogen-bond acceptors (Lipinski definition) is 4. The SMILES string of the molecule is CC(C)[C@H](N)C(=O)NCc1nc(-c2ccc(Br)cc2)n[nH]1.Cl. The average Bonchev–Trinajstić information content (AvgIpc) is 2.93. The molecule has 0 aliphatic heterocycles. The van der Waals surface area contributed by atoms with Crippen molar-refractivity contribution in [3.63, 3.8) is 0 Å². The molecular weight excluding hydrogens is 370 g/mol. The van der Waals surface area contributed by atoms with Crippen molar-refractivity contribution in [2.75, 3.05) is 0 Å². The van der Waals surface area contributed by atoms with E-state index in [1.165, 1.54) is 0 Å². The number of H-pyrrole nitrogens is 1. The number of nitrogens with zero attached hydrogens (tertiary/aromatic N) is 2. The van der Waals surface area contributed by atoms with Gasteiger partial charge in [-0.05, 0) is 18.1 Å². The standard InChI is InChI=1S/C14H18BrN5O.ClH/c1-8(2)12(16)14(21)17-7-11-18-13(20-19-11)9-3-5-10(15)6-4-9;/h3-6,8,12H,7,16H2,1-2H3,(H,17,21)(H,18,19,20);1H/t12-;/m0./s1. The van der Waals surface area contributed by atoms with E-state index in [0.717, 1.165) is 10.0 Å². The molecule has 0 saturated heterocycles. The Bertz CT molecular complexity index is 614. The van der Waals surface area contributed by atoms with E-state index < -0.39 is 6.04 Å². The summed E-state index contributed by atoms with van der Waals surface area (Å²) < 4.78 is 0.997. The highest BCUT2D eigenvalue weighted by Crippen LogP contribution is 2.18. The smallest absolute Gasteiger partial charge is 0.237 e. The van der Waals surface area contributed by atoms with Crippen molar-refractivity contribution in [1.29, 1.82) is 0 Å². The summed E-state index contributed by atoms with van der Waals surface area (Å²) in [6.07, 6.45) is 0. The molecule has 1 aromatic heterocycles. The van der Waals surface area contributed by atoms with Gasteiger partial charge in [0.2, 0.25) is 5.91 Å². The number of benzene rings is 1. The van der Waals surface area contributed by atoms with Gasteiger partial charge in [-0.3, -0.25) is 9.89 Å². The lowest BCUT2D eigenvalue weighted by atomic mass is 10.1. The molecule has 0 saturated carbocycles. The molecule has 2 rings (SSSR count). The Balaban J connectivity index is 0.00000242. The molecule has 4 N–H and O–H groups in total. The molecule has 8 heteroatoms. The van der Waals surface area contributed by atoms with Crippen molar-refractivity contribution in [2.24, 2.45) is 11.7 Å². The van der Waals surface area contributed by atoms with Gasteiger partial charge in [0.05, 0.1) is 12.6 Å². The van der Waals surface area contributed by atoms with Gasteiger partial charge in [0.25, 0.3) is 0 Å². The van der Waals surface area contributed by atoms with Crippen molar-refractivity contribution >= 4 is 34.2 Å². The zero-order valence-corrected chi connectivity index (χ0v) is 14.7. The maximum atomic E-state index is 11.8. The number of nitrogens with two attached hydrogens (primary N) is 1. The van der Waals surface area contributed by atoms with Gasteiger partial charge in [-0.15, -0.1) is 12.4 Å². The van der Waals surface area contributed by atoms with Crippen LogP contribution in [0.15, 0.2) is 28.7 Å². The molecule has 0 aliphatic carbocycles. The van der Waals surface area contributed by atoms with Crippen LogP contribution in [0, 0.1) is 5.92 Å². The minimum atomic E-state index is -0.515. The summed E-state index contributed by atoms with van der Waals surface area (Å²) in [4.78, 5) is 16.1. The fourth-order valence-electron chi connectivity index (χ4n) is 1.69. The van der Waals surface area contributed by atoms with Crippen LogP contribution in [0.25, 0.3) is 11.4 Å². The fourth-order valence-corrected chi connectivity index (χ4v) is 1.96. The molecule has 1 amide bonds. The van der Waals surface area contributed by atoms with Crippen molar-refractivity contribution in [3.8, 4) is 11.4 Å². The first-order valence-corrected chi connectivity index (χ1v) is 7.47. The van der Waals surface area contributed by atoms with E-state index in [-0.39, 0.29) is 30.8 Å². The van der Waals surface area contributed by atoms with Crippen LogP contribution in [0.2, 0.25) is 0 Å². The van der Waals surface area contributed by atoms with E-state index in [1.807, 2.05) is 38.1 Å². The molecule has 2 aromatic rings. The van der Waals surface area contributed by atoms with E-state index in [0.29, 0.717) is 11.6 Å². The minimum absolute atomic E-state index is 0. The van der Waals surface area contributed by atoms with Crippen LogP contribution in [-0.4, -0.2) is 27.1 Å². The molecule has 1 heterocycles. The van der Waals surface area contributed by atoms with E-state index >= 15 is 0 Å². The molecule has 1 aromatic carbocycles. The maximum Gasteiger partial charge on any atom is 0.237 e. The number of carbonyl (C=O) groups is 1. The summed E-state index contributed by atoms with van der Waals surface area (Å²) in [6.45, 7) is 4.09. The predicted molar refractivity (Wildman–Crippen MR) is 91.4 cm³/mol. The third-order valence-electron chi connectivity index (χ3n) is 3.09. The van der Waals surface area contributed by atoms with E-state index in [2.05, 4.69) is 36.4 Å². The second-order valence-electron chi connectivity index (χ2n) is 5.10. The molecule has 0 fully saturated rings. The lowest BCUT2D eigenvalue weighted by molar-refractivity contribution is -0.123. The quantitative estimate of drug-likeness (QED) is 0.732. The monoisotopic (exact) mass is 387 g/mol. The van der Waals surface area contributed by atoms with Gasteiger partial charge in [0.15, 0.2) is 5.82 Å². The Morgan fingerprint density at radius 3 is 2.59 bits per heavy atom. The van der Waals surface area contributed by atoms with E-state index in [1.54, 1.807) is 0 Å². The third-order valence-corrected chi connectivity index (χ3v) is 3.61. The largest absolute Gasteiger partial charge is 0.347 e.